The second-order valence-electron chi connectivity index (χ2n) is 6.90. The summed E-state index contributed by atoms with van der Waals surface area (Å²) in [6, 6.07) is 7.74. The average Bonchev–Trinajstić information content (AvgIpc) is 3.38. The highest BCUT2D eigenvalue weighted by Gasteiger charge is 2.21. The van der Waals surface area contributed by atoms with E-state index in [4.69, 9.17) is 9.26 Å². The summed E-state index contributed by atoms with van der Waals surface area (Å²) < 4.78 is 12.9. The molecule has 0 aliphatic carbocycles. The topological polar surface area (TPSA) is 73.4 Å². The van der Waals surface area contributed by atoms with Crippen molar-refractivity contribution in [2.24, 2.45) is 0 Å². The number of nitrogens with zero attached hydrogens (tertiary/aromatic N) is 4. The molecule has 3 aromatic rings. The molecule has 0 bridgehead atoms. The number of benzene rings is 1. The summed E-state index contributed by atoms with van der Waals surface area (Å²) in [4.78, 5) is 14.3. The van der Waals surface area contributed by atoms with Crippen molar-refractivity contribution in [3.05, 3.63) is 53.5 Å². The summed E-state index contributed by atoms with van der Waals surface area (Å²) in [6.07, 6.45) is 4.68. The van der Waals surface area contributed by atoms with Crippen molar-refractivity contribution in [1.29, 1.82) is 0 Å². The largest absolute Gasteiger partial charge is 0.490 e. The summed E-state index contributed by atoms with van der Waals surface area (Å²) in [7, 11) is 1.76. The first-order chi connectivity index (χ1) is 13.0. The van der Waals surface area contributed by atoms with E-state index in [-0.39, 0.29) is 17.7 Å². The van der Waals surface area contributed by atoms with Crippen LogP contribution in [0.1, 0.15) is 35.5 Å². The lowest BCUT2D eigenvalue weighted by molar-refractivity contribution is 0.0775. The van der Waals surface area contributed by atoms with Gasteiger partial charge >= 0.3 is 0 Å². The fourth-order valence-electron chi connectivity index (χ4n) is 3.29. The minimum atomic E-state index is -0.182. The molecule has 0 saturated carbocycles. The van der Waals surface area contributed by atoms with Crippen molar-refractivity contribution in [2.75, 3.05) is 7.05 Å². The van der Waals surface area contributed by atoms with Crippen molar-refractivity contribution in [2.45, 2.75) is 39.5 Å². The fourth-order valence-corrected chi connectivity index (χ4v) is 3.29. The van der Waals surface area contributed by atoms with Crippen LogP contribution < -0.4 is 4.74 Å². The van der Waals surface area contributed by atoms with Crippen LogP contribution >= 0.6 is 0 Å². The Morgan fingerprint density at radius 3 is 3.00 bits per heavy atom. The van der Waals surface area contributed by atoms with Gasteiger partial charge in [0.15, 0.2) is 11.5 Å². The molecular formula is C20H22N4O3. The summed E-state index contributed by atoms with van der Waals surface area (Å²) in [5.74, 6) is 1.29. The predicted molar refractivity (Wildman–Crippen MR) is 99.4 cm³/mol. The number of rotatable bonds is 5. The molecule has 1 atom stereocenters. The number of amides is 1. The molecule has 1 unspecified atom stereocenters. The van der Waals surface area contributed by atoms with Gasteiger partial charge in [-0.2, -0.15) is 5.10 Å². The number of aromatic nitrogens is 3. The highest BCUT2D eigenvalue weighted by Crippen LogP contribution is 2.29. The SMILES string of the molecule is CCn1cc(-c2cc(C(=O)N(C)Cc3ccc4c(c3)CC(C)O4)no2)cn1. The molecule has 1 amide bonds. The van der Waals surface area contributed by atoms with E-state index >= 15 is 0 Å². The molecule has 140 valence electrons. The number of hydrogen-bond acceptors (Lipinski definition) is 5. The van der Waals surface area contributed by atoms with Crippen LogP contribution in [0.2, 0.25) is 0 Å². The Kier molecular flexibility index (Phi) is 4.43. The molecule has 1 aromatic carbocycles. The summed E-state index contributed by atoms with van der Waals surface area (Å²) in [5.41, 5.74) is 3.35. The Bertz CT molecular complexity index is 975. The summed E-state index contributed by atoms with van der Waals surface area (Å²) in [5, 5.41) is 8.15. The molecule has 1 aliphatic rings. The van der Waals surface area contributed by atoms with Crippen LogP contribution in [-0.2, 0) is 19.5 Å². The quantitative estimate of drug-likeness (QED) is 0.693. The van der Waals surface area contributed by atoms with Gasteiger partial charge in [0, 0.05) is 38.8 Å². The van der Waals surface area contributed by atoms with Gasteiger partial charge in [-0.3, -0.25) is 9.48 Å². The smallest absolute Gasteiger partial charge is 0.276 e. The Morgan fingerprint density at radius 1 is 1.37 bits per heavy atom. The molecule has 7 nitrogen and oxygen atoms in total. The van der Waals surface area contributed by atoms with E-state index < -0.39 is 0 Å². The molecule has 1 aliphatic heterocycles. The molecule has 0 saturated heterocycles. The predicted octanol–water partition coefficient (Wildman–Crippen LogP) is 3.15. The van der Waals surface area contributed by atoms with Gasteiger partial charge in [-0.15, -0.1) is 0 Å². The maximum Gasteiger partial charge on any atom is 0.276 e. The van der Waals surface area contributed by atoms with Gasteiger partial charge in [0.1, 0.15) is 11.9 Å². The van der Waals surface area contributed by atoms with Crippen molar-refractivity contribution >= 4 is 5.91 Å². The maximum absolute atomic E-state index is 12.7. The van der Waals surface area contributed by atoms with E-state index in [1.807, 2.05) is 25.3 Å². The van der Waals surface area contributed by atoms with Crippen molar-refractivity contribution in [3.8, 4) is 17.1 Å². The molecule has 0 N–H and O–H groups in total. The Hall–Kier alpha value is -3.09. The minimum absolute atomic E-state index is 0.182. The third kappa shape index (κ3) is 3.45. The molecule has 4 rings (SSSR count). The van der Waals surface area contributed by atoms with Crippen LogP contribution in [0.3, 0.4) is 0 Å². The molecule has 3 heterocycles. The lowest BCUT2D eigenvalue weighted by Gasteiger charge is -2.16. The third-order valence-corrected chi connectivity index (χ3v) is 4.70. The summed E-state index contributed by atoms with van der Waals surface area (Å²) in [6.45, 7) is 5.33. The zero-order valence-corrected chi connectivity index (χ0v) is 15.7. The first-order valence-corrected chi connectivity index (χ1v) is 9.07. The first kappa shape index (κ1) is 17.3. The van der Waals surface area contributed by atoms with Crippen molar-refractivity contribution in [1.82, 2.24) is 19.8 Å². The van der Waals surface area contributed by atoms with Crippen molar-refractivity contribution in [3.63, 3.8) is 0 Å². The van der Waals surface area contributed by atoms with Crippen molar-refractivity contribution < 1.29 is 14.1 Å². The Labute approximate surface area is 157 Å². The van der Waals surface area contributed by atoms with Crippen LogP contribution in [0.5, 0.6) is 5.75 Å². The maximum atomic E-state index is 12.7. The van der Waals surface area contributed by atoms with E-state index in [1.54, 1.807) is 28.9 Å². The van der Waals surface area contributed by atoms with E-state index in [1.165, 1.54) is 5.56 Å². The fraction of sp³-hybridized carbons (Fsp3) is 0.350. The van der Waals surface area contributed by atoms with Crippen LogP contribution in [0.25, 0.3) is 11.3 Å². The Morgan fingerprint density at radius 2 is 2.22 bits per heavy atom. The average molecular weight is 366 g/mol. The molecule has 27 heavy (non-hydrogen) atoms. The minimum Gasteiger partial charge on any atom is -0.490 e. The number of carbonyl (C=O) groups excluding carboxylic acids is 1. The second kappa shape index (κ2) is 6.90. The van der Waals surface area contributed by atoms with Crippen LogP contribution in [0.15, 0.2) is 41.2 Å². The molecule has 0 spiro atoms. The molecular weight excluding hydrogens is 344 g/mol. The monoisotopic (exact) mass is 366 g/mol. The standard InChI is InChI=1S/C20H22N4O3/c1-4-24-12-16(10-21-24)19-9-17(22-27-19)20(25)23(3)11-14-5-6-18-15(8-14)7-13(2)26-18/h5-6,8-10,12-13H,4,7,11H2,1-3H3. The highest BCUT2D eigenvalue weighted by molar-refractivity contribution is 5.92. The van der Waals surface area contributed by atoms with Gasteiger partial charge in [-0.1, -0.05) is 17.3 Å². The zero-order chi connectivity index (χ0) is 19.0. The van der Waals surface area contributed by atoms with Crippen LogP contribution in [0.4, 0.5) is 0 Å². The van der Waals surface area contributed by atoms with Gasteiger partial charge in [-0.05, 0) is 31.0 Å². The number of aryl methyl sites for hydroxylation is 1. The molecule has 2 aromatic heterocycles. The van der Waals surface area contributed by atoms with Crippen LogP contribution in [-0.4, -0.2) is 38.9 Å². The molecule has 0 fully saturated rings. The van der Waals surface area contributed by atoms with E-state index in [0.717, 1.165) is 29.8 Å². The van der Waals surface area contributed by atoms with Gasteiger partial charge in [0.2, 0.25) is 0 Å². The number of fused-ring (bicyclic) bond motifs is 1. The first-order valence-electron chi connectivity index (χ1n) is 9.07. The Balaban J connectivity index is 1.46. The van der Waals surface area contributed by atoms with Gasteiger partial charge in [0.05, 0.1) is 11.8 Å². The number of hydrogen-bond donors (Lipinski definition) is 0. The lowest BCUT2D eigenvalue weighted by atomic mass is 10.1. The highest BCUT2D eigenvalue weighted by atomic mass is 16.5. The van der Waals surface area contributed by atoms with Crippen LogP contribution in [0, 0.1) is 0 Å². The normalized spacial score (nSPS) is 15.4. The van der Waals surface area contributed by atoms with Gasteiger partial charge in [-0.25, -0.2) is 0 Å². The molecule has 0 radical (unpaired) electrons. The van der Waals surface area contributed by atoms with E-state index in [2.05, 4.69) is 23.2 Å². The molecule has 7 heteroatoms. The van der Waals surface area contributed by atoms with Gasteiger partial charge < -0.3 is 14.2 Å². The lowest BCUT2D eigenvalue weighted by Crippen LogP contribution is -2.26. The van der Waals surface area contributed by atoms with E-state index in [9.17, 15) is 4.79 Å². The summed E-state index contributed by atoms with van der Waals surface area (Å²) >= 11 is 0. The second-order valence-corrected chi connectivity index (χ2v) is 6.90. The van der Waals surface area contributed by atoms with Gasteiger partial charge in [0.25, 0.3) is 5.91 Å². The number of ether oxygens (including phenoxy) is 1. The van der Waals surface area contributed by atoms with E-state index in [0.29, 0.717) is 12.3 Å². The third-order valence-electron chi connectivity index (χ3n) is 4.70. The zero-order valence-electron chi connectivity index (χ0n) is 15.7. The number of carbonyl (C=O) groups is 1.